The van der Waals surface area contributed by atoms with E-state index in [4.69, 9.17) is 0 Å². The molecule has 0 aromatic carbocycles. The third-order valence-corrected chi connectivity index (χ3v) is 2.47. The average Bonchev–Trinajstić information content (AvgIpc) is 2.58. The molecule has 1 nitrogen and oxygen atoms in total. The van der Waals surface area contributed by atoms with Crippen molar-refractivity contribution >= 4 is 0 Å². The van der Waals surface area contributed by atoms with Gasteiger partial charge in [-0.25, -0.2) is 0 Å². The molecule has 2 heteroatoms. The minimum atomic E-state index is 0. The predicted molar refractivity (Wildman–Crippen MR) is 44.3 cm³/mol. The molecule has 1 aromatic heterocycles. The smallest absolute Gasteiger partial charge is 0 e. The Kier molecular flexibility index (Phi) is 4.38. The molecule has 1 aliphatic carbocycles. The number of aromatic nitrogens is 1. The SMILES string of the molecule is [Y].[c-]1ccc(C2CCCC2)cn1. The number of hydrogen-bond acceptors (Lipinski definition) is 1. The summed E-state index contributed by atoms with van der Waals surface area (Å²) >= 11 is 0. The first kappa shape index (κ1) is 10.3. The average molecular weight is 235 g/mol. The molecule has 1 fully saturated rings. The van der Waals surface area contributed by atoms with E-state index < -0.39 is 0 Å². The Bertz CT molecular complexity index is 217. The Morgan fingerprint density at radius 3 is 2.67 bits per heavy atom. The molecule has 1 heterocycles. The first-order chi connectivity index (χ1) is 5.47. The van der Waals surface area contributed by atoms with E-state index in [0.717, 1.165) is 5.92 Å². The van der Waals surface area contributed by atoms with Crippen molar-refractivity contribution in [2.45, 2.75) is 31.6 Å². The molecular formula is C10H12NY-. The van der Waals surface area contributed by atoms with Crippen LogP contribution in [0.1, 0.15) is 37.2 Å². The quantitative estimate of drug-likeness (QED) is 0.681. The van der Waals surface area contributed by atoms with Gasteiger partial charge in [0.2, 0.25) is 0 Å². The first-order valence-corrected chi connectivity index (χ1v) is 4.29. The Hall–Kier alpha value is 0.254. The Labute approximate surface area is 98.9 Å². The van der Waals surface area contributed by atoms with Crippen molar-refractivity contribution in [3.63, 3.8) is 0 Å². The fourth-order valence-corrected chi connectivity index (χ4v) is 1.83. The minimum Gasteiger partial charge on any atom is -0.394 e. The van der Waals surface area contributed by atoms with Crippen LogP contribution in [0, 0.1) is 6.20 Å². The maximum absolute atomic E-state index is 4.00. The summed E-state index contributed by atoms with van der Waals surface area (Å²) in [4.78, 5) is 4.00. The number of pyridine rings is 1. The van der Waals surface area contributed by atoms with Crippen molar-refractivity contribution in [3.05, 3.63) is 30.1 Å². The van der Waals surface area contributed by atoms with Crippen molar-refractivity contribution in [1.82, 2.24) is 4.98 Å². The van der Waals surface area contributed by atoms with Crippen molar-refractivity contribution in [2.75, 3.05) is 0 Å². The monoisotopic (exact) mass is 235 g/mol. The van der Waals surface area contributed by atoms with Gasteiger partial charge in [-0.2, -0.15) is 12.1 Å². The van der Waals surface area contributed by atoms with Gasteiger partial charge in [-0.3, -0.25) is 0 Å². The molecule has 61 valence electrons. The van der Waals surface area contributed by atoms with Crippen molar-refractivity contribution in [2.24, 2.45) is 0 Å². The summed E-state index contributed by atoms with van der Waals surface area (Å²) in [7, 11) is 0. The third-order valence-electron chi connectivity index (χ3n) is 2.47. The van der Waals surface area contributed by atoms with E-state index >= 15 is 0 Å². The number of hydrogen-bond donors (Lipinski definition) is 0. The van der Waals surface area contributed by atoms with Crippen LogP contribution in [0.3, 0.4) is 0 Å². The number of nitrogens with zero attached hydrogens (tertiary/aromatic N) is 1. The Morgan fingerprint density at radius 1 is 1.33 bits per heavy atom. The molecule has 0 aliphatic heterocycles. The fraction of sp³-hybridized carbons (Fsp3) is 0.500. The van der Waals surface area contributed by atoms with Crippen LogP contribution in [0.15, 0.2) is 18.3 Å². The van der Waals surface area contributed by atoms with Gasteiger partial charge in [0.05, 0.1) is 0 Å². The largest absolute Gasteiger partial charge is 0.394 e. The summed E-state index contributed by atoms with van der Waals surface area (Å²) in [5, 5.41) is 0. The van der Waals surface area contributed by atoms with Crippen LogP contribution in [0.5, 0.6) is 0 Å². The second-order valence-corrected chi connectivity index (χ2v) is 3.20. The summed E-state index contributed by atoms with van der Waals surface area (Å²) in [6, 6.07) is 4.05. The summed E-state index contributed by atoms with van der Waals surface area (Å²) in [5.41, 5.74) is 1.40. The van der Waals surface area contributed by atoms with Gasteiger partial charge in [0, 0.05) is 32.7 Å². The van der Waals surface area contributed by atoms with Crippen LogP contribution in [0.2, 0.25) is 0 Å². The van der Waals surface area contributed by atoms with Gasteiger partial charge >= 0.3 is 0 Å². The zero-order chi connectivity index (χ0) is 7.52. The van der Waals surface area contributed by atoms with Gasteiger partial charge < -0.3 is 4.98 Å². The molecule has 0 spiro atoms. The van der Waals surface area contributed by atoms with Gasteiger partial charge in [-0.1, -0.05) is 25.2 Å². The van der Waals surface area contributed by atoms with Gasteiger partial charge in [-0.05, 0) is 18.8 Å². The predicted octanol–water partition coefficient (Wildman–Crippen LogP) is 2.54. The van der Waals surface area contributed by atoms with Crippen molar-refractivity contribution in [3.8, 4) is 0 Å². The van der Waals surface area contributed by atoms with Gasteiger partial charge in [0.25, 0.3) is 0 Å². The molecule has 0 amide bonds. The van der Waals surface area contributed by atoms with Crippen molar-refractivity contribution in [1.29, 1.82) is 0 Å². The van der Waals surface area contributed by atoms with Gasteiger partial charge in [-0.15, -0.1) is 5.56 Å². The second-order valence-electron chi connectivity index (χ2n) is 3.20. The van der Waals surface area contributed by atoms with E-state index in [2.05, 4.69) is 17.2 Å². The normalized spacial score (nSPS) is 17.3. The van der Waals surface area contributed by atoms with E-state index in [-0.39, 0.29) is 32.7 Å². The summed E-state index contributed by atoms with van der Waals surface area (Å²) < 4.78 is 0. The molecule has 1 aromatic rings. The zero-order valence-corrected chi connectivity index (χ0v) is 10.0. The Balaban J connectivity index is 0.000000720. The van der Waals surface area contributed by atoms with Crippen LogP contribution in [0.4, 0.5) is 0 Å². The molecule has 1 aliphatic rings. The van der Waals surface area contributed by atoms with Gasteiger partial charge in [0.15, 0.2) is 0 Å². The number of rotatable bonds is 1. The summed E-state index contributed by atoms with van der Waals surface area (Å²) in [6.45, 7) is 0. The second kappa shape index (κ2) is 5.09. The van der Waals surface area contributed by atoms with Gasteiger partial charge in [0.1, 0.15) is 0 Å². The van der Waals surface area contributed by atoms with E-state index in [9.17, 15) is 0 Å². The molecule has 0 atom stereocenters. The van der Waals surface area contributed by atoms with Crippen LogP contribution in [-0.2, 0) is 32.7 Å². The topological polar surface area (TPSA) is 12.9 Å². The van der Waals surface area contributed by atoms with Crippen LogP contribution in [0.25, 0.3) is 0 Å². The standard InChI is InChI=1S/C10H12N.Y/c1-2-5-9(4-1)10-6-3-7-11-8-10;/h3,6,8-9H,1-2,4-5H2;/q-1;. The Morgan fingerprint density at radius 2 is 2.08 bits per heavy atom. The molecule has 0 saturated heterocycles. The minimum absolute atomic E-state index is 0. The van der Waals surface area contributed by atoms with Crippen LogP contribution >= 0.6 is 0 Å². The molecule has 12 heavy (non-hydrogen) atoms. The van der Waals surface area contributed by atoms with Crippen LogP contribution < -0.4 is 0 Å². The third kappa shape index (κ3) is 2.37. The fourth-order valence-electron chi connectivity index (χ4n) is 1.83. The van der Waals surface area contributed by atoms with E-state index in [1.165, 1.54) is 31.2 Å². The maximum Gasteiger partial charge on any atom is 0 e. The molecule has 0 unspecified atom stereocenters. The zero-order valence-electron chi connectivity index (χ0n) is 7.16. The maximum atomic E-state index is 4.00. The molecule has 0 N–H and O–H groups in total. The summed E-state index contributed by atoms with van der Waals surface area (Å²) in [5.74, 6) is 0.789. The molecule has 2 rings (SSSR count). The molecule has 1 radical (unpaired) electrons. The van der Waals surface area contributed by atoms with Crippen LogP contribution in [-0.4, -0.2) is 4.98 Å². The molecule has 1 saturated carbocycles. The van der Waals surface area contributed by atoms with E-state index in [0.29, 0.717) is 0 Å². The van der Waals surface area contributed by atoms with Crippen molar-refractivity contribution < 1.29 is 32.7 Å². The van der Waals surface area contributed by atoms with E-state index in [1.54, 1.807) is 0 Å². The summed E-state index contributed by atoms with van der Waals surface area (Å²) in [6.07, 6.45) is 10.3. The first-order valence-electron chi connectivity index (χ1n) is 4.29. The van der Waals surface area contributed by atoms with E-state index in [1.807, 2.05) is 12.3 Å². The molecule has 0 bridgehead atoms. The molecular weight excluding hydrogens is 223 g/mol.